The summed E-state index contributed by atoms with van der Waals surface area (Å²) in [6.45, 7) is 4.11. The minimum Gasteiger partial charge on any atom is -0.492 e. The summed E-state index contributed by atoms with van der Waals surface area (Å²) < 4.78 is 44.3. The first-order chi connectivity index (χ1) is 16.5. The Morgan fingerprint density at radius 3 is 2.40 bits per heavy atom. The first-order valence-corrected chi connectivity index (χ1v) is 11.9. The van der Waals surface area contributed by atoms with E-state index in [1.807, 2.05) is 27.1 Å². The van der Waals surface area contributed by atoms with E-state index < -0.39 is 23.9 Å². The number of carbonyl (C=O) groups is 1. The molecule has 1 aliphatic carbocycles. The fourth-order valence-corrected chi connectivity index (χ4v) is 4.33. The quantitative estimate of drug-likeness (QED) is 0.470. The summed E-state index contributed by atoms with van der Waals surface area (Å²) in [5, 5.41) is 3.57. The second kappa shape index (κ2) is 9.54. The number of thiazole rings is 1. The number of aryl methyl sites for hydroxylation is 1. The van der Waals surface area contributed by atoms with Crippen molar-refractivity contribution < 1.29 is 22.7 Å². The molecule has 0 spiro atoms. The summed E-state index contributed by atoms with van der Waals surface area (Å²) in [7, 11) is 4.05. The summed E-state index contributed by atoms with van der Waals surface area (Å²) in [5.41, 5.74) is 1.48. The monoisotopic (exact) mass is 505 g/mol. The third-order valence-corrected chi connectivity index (χ3v) is 7.06. The highest BCUT2D eigenvalue weighted by molar-refractivity contribution is 7.14. The van der Waals surface area contributed by atoms with Crippen LogP contribution in [-0.4, -0.2) is 52.0 Å². The van der Waals surface area contributed by atoms with Crippen molar-refractivity contribution in [1.29, 1.82) is 0 Å². The minimum atomic E-state index is -4.62. The summed E-state index contributed by atoms with van der Waals surface area (Å²) in [4.78, 5) is 27.5. The van der Waals surface area contributed by atoms with E-state index in [0.29, 0.717) is 23.5 Å². The summed E-state index contributed by atoms with van der Waals surface area (Å²) in [6, 6.07) is 4.66. The van der Waals surface area contributed by atoms with Crippen molar-refractivity contribution in [3.8, 4) is 16.3 Å². The molecule has 2 heterocycles. The topological polar surface area (TPSA) is 80.2 Å². The molecule has 0 saturated heterocycles. The molecule has 186 valence electrons. The smallest absolute Gasteiger partial charge is 0.451 e. The third kappa shape index (κ3) is 5.79. The molecule has 1 atom stereocenters. The Kier molecular flexibility index (Phi) is 6.83. The number of carbonyl (C=O) groups excluding carboxylic acids is 1. The van der Waals surface area contributed by atoms with E-state index in [1.54, 1.807) is 25.3 Å². The van der Waals surface area contributed by atoms with Crippen LogP contribution < -0.4 is 10.1 Å². The molecule has 11 heteroatoms. The molecule has 0 bridgehead atoms. The van der Waals surface area contributed by atoms with Gasteiger partial charge in [-0.05, 0) is 59.0 Å². The molecule has 2 aromatic heterocycles. The van der Waals surface area contributed by atoms with E-state index >= 15 is 0 Å². The molecular formula is C24H26F3N5O2S. The Hall–Kier alpha value is -3.05. The van der Waals surface area contributed by atoms with Gasteiger partial charge in [0, 0.05) is 40.2 Å². The van der Waals surface area contributed by atoms with Crippen molar-refractivity contribution in [2.75, 3.05) is 20.7 Å². The van der Waals surface area contributed by atoms with Crippen LogP contribution in [0.2, 0.25) is 0 Å². The maximum Gasteiger partial charge on any atom is 0.451 e. The predicted octanol–water partition coefficient (Wildman–Crippen LogP) is 4.89. The first kappa shape index (κ1) is 25.1. The number of amides is 1. The average molecular weight is 506 g/mol. The molecule has 35 heavy (non-hydrogen) atoms. The molecule has 1 fully saturated rings. The minimum absolute atomic E-state index is 0.00723. The zero-order valence-electron chi connectivity index (χ0n) is 19.8. The van der Waals surface area contributed by atoms with Gasteiger partial charge in [0.15, 0.2) is 0 Å². The van der Waals surface area contributed by atoms with E-state index in [2.05, 4.69) is 25.2 Å². The number of alkyl halides is 3. The molecule has 1 unspecified atom stereocenters. The van der Waals surface area contributed by atoms with Gasteiger partial charge in [-0.15, -0.1) is 11.3 Å². The number of nitrogens with one attached hydrogen (secondary N) is 1. The number of aromatic nitrogens is 3. The van der Waals surface area contributed by atoms with Crippen LogP contribution in [0.15, 0.2) is 36.8 Å². The van der Waals surface area contributed by atoms with E-state index in [9.17, 15) is 18.0 Å². The van der Waals surface area contributed by atoms with Crippen LogP contribution >= 0.6 is 11.3 Å². The Labute approximate surface area is 205 Å². The average Bonchev–Trinajstić information content (AvgIpc) is 3.50. The maximum absolute atomic E-state index is 13.1. The van der Waals surface area contributed by atoms with Crippen LogP contribution in [-0.2, 0) is 6.18 Å². The van der Waals surface area contributed by atoms with E-state index in [4.69, 9.17) is 4.74 Å². The molecule has 1 N–H and O–H groups in total. The third-order valence-electron chi connectivity index (χ3n) is 6.09. The normalized spacial score (nSPS) is 15.7. The molecule has 4 rings (SSSR count). The molecule has 1 aromatic carbocycles. The van der Waals surface area contributed by atoms with Crippen LogP contribution in [0.4, 0.5) is 13.2 Å². The number of ether oxygens (including phenoxy) is 1. The van der Waals surface area contributed by atoms with Crippen LogP contribution in [0.1, 0.15) is 52.4 Å². The lowest BCUT2D eigenvalue weighted by Crippen LogP contribution is -2.35. The fourth-order valence-electron chi connectivity index (χ4n) is 3.58. The van der Waals surface area contributed by atoms with Gasteiger partial charge in [0.2, 0.25) is 5.82 Å². The number of hydrogen-bond acceptors (Lipinski definition) is 7. The number of rotatable bonds is 8. The van der Waals surface area contributed by atoms with Gasteiger partial charge < -0.3 is 15.0 Å². The number of nitrogens with zero attached hydrogens (tertiary/aromatic N) is 4. The summed E-state index contributed by atoms with van der Waals surface area (Å²) >= 11 is 1.51. The maximum atomic E-state index is 13.1. The Morgan fingerprint density at radius 2 is 1.86 bits per heavy atom. The van der Waals surface area contributed by atoms with Gasteiger partial charge in [-0.2, -0.15) is 13.2 Å². The number of halogens is 3. The van der Waals surface area contributed by atoms with Crippen molar-refractivity contribution >= 4 is 17.2 Å². The van der Waals surface area contributed by atoms with Crippen molar-refractivity contribution in [2.24, 2.45) is 0 Å². The molecule has 1 amide bonds. The summed E-state index contributed by atoms with van der Waals surface area (Å²) in [6.07, 6.45) is 1.38. The lowest BCUT2D eigenvalue weighted by atomic mass is 10.1. The molecule has 0 radical (unpaired) electrons. The van der Waals surface area contributed by atoms with Crippen molar-refractivity contribution in [3.05, 3.63) is 58.6 Å². The van der Waals surface area contributed by atoms with Crippen LogP contribution in [0.5, 0.6) is 5.75 Å². The van der Waals surface area contributed by atoms with Crippen molar-refractivity contribution in [2.45, 2.75) is 44.4 Å². The van der Waals surface area contributed by atoms with Gasteiger partial charge >= 0.3 is 6.18 Å². The molecule has 7 nitrogen and oxygen atoms in total. The second-order valence-electron chi connectivity index (χ2n) is 8.96. The first-order valence-electron chi connectivity index (χ1n) is 11.0. The van der Waals surface area contributed by atoms with Crippen molar-refractivity contribution in [1.82, 2.24) is 25.2 Å². The van der Waals surface area contributed by atoms with E-state index in [0.717, 1.165) is 40.7 Å². The Bertz CT molecular complexity index is 1210. The summed E-state index contributed by atoms with van der Waals surface area (Å²) in [5.74, 6) is -1.07. The zero-order valence-corrected chi connectivity index (χ0v) is 20.6. The van der Waals surface area contributed by atoms with E-state index in [1.165, 1.54) is 11.3 Å². The largest absolute Gasteiger partial charge is 0.492 e. The zero-order chi connectivity index (χ0) is 25.4. The SMILES string of the molecule is Cc1cnc(-c2cc(OCC3(N(C)C)CC3)cc(C(=O)NC(C)c3cnc(C(F)(F)F)nc3)c2)s1. The highest BCUT2D eigenvalue weighted by atomic mass is 32.1. The van der Waals surface area contributed by atoms with Gasteiger partial charge in [0.25, 0.3) is 5.91 Å². The number of benzene rings is 1. The highest BCUT2D eigenvalue weighted by Crippen LogP contribution is 2.41. The van der Waals surface area contributed by atoms with Crippen LogP contribution in [0, 0.1) is 6.92 Å². The molecule has 0 aliphatic heterocycles. The van der Waals surface area contributed by atoms with Crippen LogP contribution in [0.25, 0.3) is 10.6 Å². The lowest BCUT2D eigenvalue weighted by molar-refractivity contribution is -0.145. The number of likely N-dealkylation sites (N-methyl/N-ethyl adjacent to an activating group) is 1. The predicted molar refractivity (Wildman–Crippen MR) is 126 cm³/mol. The van der Waals surface area contributed by atoms with Gasteiger partial charge in [0.1, 0.15) is 17.4 Å². The molecular weight excluding hydrogens is 479 g/mol. The van der Waals surface area contributed by atoms with Gasteiger partial charge in [-0.25, -0.2) is 15.0 Å². The van der Waals surface area contributed by atoms with Gasteiger partial charge in [0.05, 0.1) is 11.6 Å². The highest BCUT2D eigenvalue weighted by Gasteiger charge is 2.45. The van der Waals surface area contributed by atoms with Crippen molar-refractivity contribution in [3.63, 3.8) is 0 Å². The molecule has 1 aliphatic rings. The Balaban J connectivity index is 1.55. The van der Waals surface area contributed by atoms with Gasteiger partial charge in [-0.1, -0.05) is 0 Å². The van der Waals surface area contributed by atoms with E-state index in [-0.39, 0.29) is 5.54 Å². The molecule has 3 aromatic rings. The lowest BCUT2D eigenvalue weighted by Gasteiger charge is -2.24. The second-order valence-corrected chi connectivity index (χ2v) is 10.2. The standard InChI is InChI=1S/C24H26F3N5O2S/c1-14-10-28-21(35-14)17-7-16(8-19(9-17)34-13-23(5-6-23)32(3)4)20(33)31-15(2)18-11-29-22(30-12-18)24(25,26)27/h7-12,15H,5-6,13H2,1-4H3,(H,31,33). The van der Waals surface area contributed by atoms with Crippen LogP contribution in [0.3, 0.4) is 0 Å². The Morgan fingerprint density at radius 1 is 1.17 bits per heavy atom. The fraction of sp³-hybridized carbons (Fsp3) is 0.417. The van der Waals surface area contributed by atoms with Gasteiger partial charge in [-0.3, -0.25) is 4.79 Å². The number of hydrogen-bond donors (Lipinski definition) is 1. The molecule has 1 saturated carbocycles.